The van der Waals surface area contributed by atoms with Gasteiger partial charge in [-0.2, -0.15) is 4.98 Å². The van der Waals surface area contributed by atoms with Crippen molar-refractivity contribution in [1.82, 2.24) is 14.5 Å². The molecule has 0 aliphatic carbocycles. The molecule has 2 aromatic heterocycles. The first-order valence-electron chi connectivity index (χ1n) is 18.9. The summed E-state index contributed by atoms with van der Waals surface area (Å²) in [5.74, 6) is 0.879. The molecule has 0 saturated carbocycles. The number of ether oxygens (including phenoxy) is 2. The zero-order valence-corrected chi connectivity index (χ0v) is 35.8. The molecule has 0 bridgehead atoms. The van der Waals surface area contributed by atoms with E-state index in [9.17, 15) is 5.11 Å². The van der Waals surface area contributed by atoms with E-state index in [2.05, 4.69) is 104 Å². The van der Waals surface area contributed by atoms with Gasteiger partial charge >= 0.3 is 0 Å². The van der Waals surface area contributed by atoms with Crippen LogP contribution in [0.25, 0.3) is 11.0 Å². The Kier molecular flexibility index (Phi) is 10.8. The molecule has 1 saturated heterocycles. The number of rotatable bonds is 11. The first-order chi connectivity index (χ1) is 25.3. The van der Waals surface area contributed by atoms with Gasteiger partial charge in [-0.3, -0.25) is 0 Å². The smallest absolute Gasteiger partial charge is 0.222 e. The predicted octanol–water partition coefficient (Wildman–Crippen LogP) is 9.08. The van der Waals surface area contributed by atoms with Crippen LogP contribution in [-0.4, -0.2) is 68.3 Å². The molecule has 54 heavy (non-hydrogen) atoms. The lowest BCUT2D eigenvalue weighted by molar-refractivity contribution is -0.0473. The van der Waals surface area contributed by atoms with Crippen molar-refractivity contribution >= 4 is 33.6 Å². The number of nitrogens with zero attached hydrogens (tertiary/aromatic N) is 3. The van der Waals surface area contributed by atoms with Crippen LogP contribution in [0.2, 0.25) is 36.3 Å². The molecule has 11 heteroatoms. The predicted molar refractivity (Wildman–Crippen MR) is 222 cm³/mol. The van der Waals surface area contributed by atoms with Crippen LogP contribution in [0.4, 0.5) is 5.95 Å². The van der Waals surface area contributed by atoms with Crippen molar-refractivity contribution in [2.75, 3.05) is 19.5 Å². The fourth-order valence-electron chi connectivity index (χ4n) is 6.90. The van der Waals surface area contributed by atoms with Crippen LogP contribution < -0.4 is 10.5 Å². The number of aliphatic hydroxyl groups excluding tert-OH is 1. The Morgan fingerprint density at radius 1 is 0.759 bits per heavy atom. The highest BCUT2D eigenvalue weighted by Gasteiger charge is 2.52. The zero-order chi connectivity index (χ0) is 39.3. The van der Waals surface area contributed by atoms with Gasteiger partial charge in [0.05, 0.1) is 24.8 Å². The lowest BCUT2D eigenvalue weighted by Crippen LogP contribution is -2.49. The summed E-state index contributed by atoms with van der Waals surface area (Å²) in [5.41, 5.74) is 10.2. The number of benzene rings is 3. The fraction of sp³-hybridized carbons (Fsp3) is 0.442. The molecule has 5 aromatic rings. The number of aliphatic hydroxyl groups is 1. The summed E-state index contributed by atoms with van der Waals surface area (Å²) < 4.78 is 28.1. The number of aromatic nitrogens is 3. The molecule has 1 aliphatic heterocycles. The molecule has 0 spiro atoms. The van der Waals surface area contributed by atoms with Gasteiger partial charge in [0.2, 0.25) is 5.95 Å². The number of fused-ring (bicyclic) bond motifs is 1. The van der Waals surface area contributed by atoms with Crippen LogP contribution in [0, 0.1) is 0 Å². The van der Waals surface area contributed by atoms with Gasteiger partial charge in [0.1, 0.15) is 29.7 Å². The van der Waals surface area contributed by atoms with E-state index in [1.165, 1.54) is 0 Å². The number of methoxy groups -OCH3 is 1. The third kappa shape index (κ3) is 7.18. The SMILES string of the molecule is COc1ccc(C(c2ccccc2)(c2ccccc2)c2nc(N)nc3c2ccn3[C@@H]2O[C@H](CO[Si](C)(C)C(C)(C)C)[C@@H](O)[C@H]2O[Si](C)(C)C(C)(C)C)cc1. The van der Waals surface area contributed by atoms with E-state index in [1.54, 1.807) is 7.11 Å². The van der Waals surface area contributed by atoms with Crippen molar-refractivity contribution in [2.45, 2.75) is 108 Å². The van der Waals surface area contributed by atoms with E-state index in [-0.39, 0.29) is 22.6 Å². The molecular weight excluding hydrogens is 709 g/mol. The van der Waals surface area contributed by atoms with Crippen LogP contribution in [0.3, 0.4) is 0 Å². The van der Waals surface area contributed by atoms with Gasteiger partial charge in [-0.25, -0.2) is 4.98 Å². The minimum Gasteiger partial charge on any atom is -0.497 e. The van der Waals surface area contributed by atoms with E-state index in [0.717, 1.165) is 33.5 Å². The molecule has 288 valence electrons. The van der Waals surface area contributed by atoms with Crippen molar-refractivity contribution in [3.8, 4) is 5.75 Å². The topological polar surface area (TPSA) is 114 Å². The Morgan fingerprint density at radius 2 is 1.30 bits per heavy atom. The Labute approximate surface area is 323 Å². The third-order valence-electron chi connectivity index (χ3n) is 12.1. The summed E-state index contributed by atoms with van der Waals surface area (Å²) in [7, 11) is -2.88. The Balaban J connectivity index is 1.56. The summed E-state index contributed by atoms with van der Waals surface area (Å²) in [6, 6.07) is 30.9. The van der Waals surface area contributed by atoms with E-state index in [0.29, 0.717) is 5.65 Å². The number of anilines is 1. The monoisotopic (exact) mass is 766 g/mol. The van der Waals surface area contributed by atoms with Crippen molar-refractivity contribution in [3.63, 3.8) is 0 Å². The van der Waals surface area contributed by atoms with Gasteiger partial charge in [-0.15, -0.1) is 0 Å². The molecule has 0 radical (unpaired) electrons. The van der Waals surface area contributed by atoms with E-state index >= 15 is 0 Å². The minimum absolute atomic E-state index is 0.00235. The minimum atomic E-state index is -2.40. The molecule has 1 fully saturated rings. The van der Waals surface area contributed by atoms with E-state index in [1.807, 2.05) is 65.4 Å². The second-order valence-corrected chi connectivity index (χ2v) is 27.1. The highest BCUT2D eigenvalue weighted by atomic mass is 28.4. The number of nitrogens with two attached hydrogens (primary N) is 1. The van der Waals surface area contributed by atoms with Crippen molar-refractivity contribution in [3.05, 3.63) is 120 Å². The maximum Gasteiger partial charge on any atom is 0.222 e. The lowest BCUT2D eigenvalue weighted by atomic mass is 9.66. The normalized spacial score (nSPS) is 20.1. The van der Waals surface area contributed by atoms with Gasteiger partial charge in [0, 0.05) is 11.6 Å². The van der Waals surface area contributed by atoms with Crippen molar-refractivity contribution in [2.24, 2.45) is 0 Å². The number of hydrogen-bond acceptors (Lipinski definition) is 8. The second-order valence-electron chi connectivity index (χ2n) is 17.6. The molecule has 0 unspecified atom stereocenters. The van der Waals surface area contributed by atoms with Gasteiger partial charge in [-0.1, -0.05) is 114 Å². The van der Waals surface area contributed by atoms with Crippen molar-refractivity contribution < 1.29 is 23.4 Å². The van der Waals surface area contributed by atoms with Crippen LogP contribution >= 0.6 is 0 Å². The molecule has 1 aliphatic rings. The van der Waals surface area contributed by atoms with Crippen LogP contribution in [0.15, 0.2) is 97.2 Å². The molecule has 3 heterocycles. The van der Waals surface area contributed by atoms with Gasteiger partial charge in [-0.05, 0) is 71.2 Å². The highest BCUT2D eigenvalue weighted by molar-refractivity contribution is 6.74. The molecule has 9 nitrogen and oxygen atoms in total. The van der Waals surface area contributed by atoms with Gasteiger partial charge in [0.25, 0.3) is 0 Å². The Hall–Kier alpha value is -3.85. The Morgan fingerprint density at radius 3 is 1.81 bits per heavy atom. The Bertz CT molecular complexity index is 2000. The second kappa shape index (κ2) is 14.7. The summed E-state index contributed by atoms with van der Waals surface area (Å²) in [4.78, 5) is 9.99. The molecule has 0 amide bonds. The van der Waals surface area contributed by atoms with E-state index in [4.69, 9.17) is 34.0 Å². The first-order valence-corrected chi connectivity index (χ1v) is 24.7. The largest absolute Gasteiger partial charge is 0.497 e. The number of nitrogen functional groups attached to an aromatic ring is 1. The summed E-state index contributed by atoms with van der Waals surface area (Å²) in [5, 5.41) is 12.8. The zero-order valence-electron chi connectivity index (χ0n) is 33.8. The molecule has 4 atom stereocenters. The van der Waals surface area contributed by atoms with Gasteiger partial charge in [0.15, 0.2) is 22.9 Å². The summed E-state index contributed by atoms with van der Waals surface area (Å²) >= 11 is 0. The average molecular weight is 767 g/mol. The summed E-state index contributed by atoms with van der Waals surface area (Å²) in [6.45, 7) is 22.3. The maximum atomic E-state index is 12.1. The summed E-state index contributed by atoms with van der Waals surface area (Å²) in [6.07, 6.45) is -0.957. The first kappa shape index (κ1) is 39.8. The van der Waals surface area contributed by atoms with Crippen LogP contribution in [-0.2, 0) is 19.0 Å². The molecule has 3 N–H and O–H groups in total. The molecule has 3 aromatic carbocycles. The van der Waals surface area contributed by atoms with E-state index < -0.39 is 46.6 Å². The maximum absolute atomic E-state index is 12.1. The molecular formula is C43H58N4O5Si2. The number of hydrogen-bond donors (Lipinski definition) is 2. The lowest BCUT2D eigenvalue weighted by Gasteiger charge is -2.40. The van der Waals surface area contributed by atoms with Crippen LogP contribution in [0.5, 0.6) is 5.75 Å². The van der Waals surface area contributed by atoms with Crippen LogP contribution in [0.1, 0.15) is 70.2 Å². The molecule has 6 rings (SSSR count). The standard InChI is InChI=1S/C43H58N4O5Si2/c1-41(2,3)53(8,9)50-28-34-35(48)36(52-54(10,11)42(4,5)6)39(51-34)47-27-26-33-37(45-40(44)46-38(33)47)43(29-18-14-12-15-19-29,30-20-16-13-17-21-30)31-22-24-32(49-7)25-23-31/h12-27,34-36,39,48H,28H2,1-11H3,(H2,44,45,46)/t34-,35-,36-,39-/m1/s1. The average Bonchev–Trinajstić information content (AvgIpc) is 3.67. The van der Waals surface area contributed by atoms with Crippen molar-refractivity contribution in [1.29, 1.82) is 0 Å². The quantitative estimate of drug-likeness (QED) is 0.101. The third-order valence-corrected chi connectivity index (χ3v) is 21.1. The fourth-order valence-corrected chi connectivity index (χ4v) is 9.20. The highest BCUT2D eigenvalue weighted by Crippen LogP contribution is 2.49. The van der Waals surface area contributed by atoms with Gasteiger partial charge < -0.3 is 33.7 Å².